The van der Waals surface area contributed by atoms with Gasteiger partial charge in [-0.15, -0.1) is 0 Å². The third-order valence-electron chi connectivity index (χ3n) is 2.69. The van der Waals surface area contributed by atoms with E-state index in [1.165, 1.54) is 7.11 Å². The molecule has 0 unspecified atom stereocenters. The number of carbonyl (C=O) groups is 1. The molecule has 0 amide bonds. The minimum Gasteiger partial charge on any atom is -0.495 e. The zero-order chi connectivity index (χ0) is 17.0. The average molecular weight is 315 g/mol. The number of rotatable bonds is 4. The Morgan fingerprint density at radius 1 is 1.35 bits per heavy atom. The lowest BCUT2D eigenvalue weighted by atomic mass is 9.97. The number of methoxy groups -OCH3 is 1. The van der Waals surface area contributed by atoms with Crippen LogP contribution < -0.4 is 9.47 Å². The molecule has 1 aromatic carbocycles. The number of nitrogens with one attached hydrogen (secondary N) is 1. The van der Waals surface area contributed by atoms with Crippen LogP contribution in [0.2, 0.25) is 0 Å². The van der Waals surface area contributed by atoms with Gasteiger partial charge in [0, 0.05) is 11.5 Å². The molecule has 2 aromatic rings. The van der Waals surface area contributed by atoms with Crippen molar-refractivity contribution in [2.45, 2.75) is 20.8 Å². The molecule has 0 saturated carbocycles. The number of aromatic carboxylic acids is 1. The lowest BCUT2D eigenvalue weighted by Crippen LogP contribution is -2.00. The Morgan fingerprint density at radius 2 is 2.09 bits per heavy atom. The fraction of sp³-hybridized carbons (Fsp3) is 0.312. The van der Waals surface area contributed by atoms with Crippen LogP contribution in [-0.2, 0) is 0 Å². The van der Waals surface area contributed by atoms with Gasteiger partial charge in [-0.05, 0) is 32.9 Å². The summed E-state index contributed by atoms with van der Waals surface area (Å²) in [7, 11) is 1.53. The van der Waals surface area contributed by atoms with E-state index in [0.717, 1.165) is 0 Å². The van der Waals surface area contributed by atoms with E-state index in [1.807, 2.05) is 20.8 Å². The summed E-state index contributed by atoms with van der Waals surface area (Å²) in [5.41, 5.74) is 0.367. The smallest absolute Gasteiger partial charge is 0.359 e. The Morgan fingerprint density at radius 3 is 2.70 bits per heavy atom. The molecule has 1 heterocycles. The highest BCUT2D eigenvalue weighted by atomic mass is 16.5. The van der Waals surface area contributed by atoms with Crippen molar-refractivity contribution in [2.24, 2.45) is 5.41 Å². The summed E-state index contributed by atoms with van der Waals surface area (Å²) < 4.78 is 10.7. The van der Waals surface area contributed by atoms with Crippen molar-refractivity contribution in [1.29, 1.82) is 0 Å². The molecule has 0 atom stereocenters. The number of carboxylic acids is 1. The molecule has 0 aliphatic heterocycles. The van der Waals surface area contributed by atoms with Crippen molar-refractivity contribution >= 4 is 5.97 Å². The van der Waals surface area contributed by atoms with E-state index in [-0.39, 0.29) is 17.0 Å². The zero-order valence-corrected chi connectivity index (χ0v) is 13.3. The highest BCUT2D eigenvalue weighted by molar-refractivity contribution is 5.87. The molecule has 7 nitrogen and oxygen atoms in total. The highest BCUT2D eigenvalue weighted by Crippen LogP contribution is 2.28. The Labute approximate surface area is 133 Å². The molecular weight excluding hydrogens is 298 g/mol. The molecule has 0 spiro atoms. The molecule has 0 aliphatic rings. The highest BCUT2D eigenvalue weighted by Gasteiger charge is 2.17. The molecule has 0 fully saturated rings. The lowest BCUT2D eigenvalue weighted by Gasteiger charge is -2.09. The molecule has 0 radical (unpaired) electrons. The van der Waals surface area contributed by atoms with Gasteiger partial charge in [-0.25, -0.2) is 9.89 Å². The normalized spacial score (nSPS) is 10.6. The number of benzene rings is 1. The second kappa shape index (κ2) is 6.40. The van der Waals surface area contributed by atoms with E-state index in [4.69, 9.17) is 14.6 Å². The number of hydrogen-bond acceptors (Lipinski definition) is 5. The predicted molar refractivity (Wildman–Crippen MR) is 82.7 cm³/mol. The van der Waals surface area contributed by atoms with E-state index in [1.54, 1.807) is 18.2 Å². The topological polar surface area (TPSA) is 97.3 Å². The quantitative estimate of drug-likeness (QED) is 0.842. The first-order valence-electron chi connectivity index (χ1n) is 6.83. The minimum atomic E-state index is -1.20. The number of H-pyrrole nitrogens is 1. The van der Waals surface area contributed by atoms with Crippen molar-refractivity contribution in [1.82, 2.24) is 15.4 Å². The monoisotopic (exact) mass is 315 g/mol. The molecule has 7 heteroatoms. The van der Waals surface area contributed by atoms with E-state index < -0.39 is 5.97 Å². The predicted octanol–water partition coefficient (Wildman–Crippen LogP) is 2.70. The Bertz CT molecular complexity index is 779. The van der Waals surface area contributed by atoms with E-state index in [9.17, 15) is 4.79 Å². The summed E-state index contributed by atoms with van der Waals surface area (Å²) in [6, 6.07) is 5.02. The van der Waals surface area contributed by atoms with Gasteiger partial charge < -0.3 is 14.6 Å². The van der Waals surface area contributed by atoms with Gasteiger partial charge in [-0.3, -0.25) is 0 Å². The maximum absolute atomic E-state index is 11.0. The van der Waals surface area contributed by atoms with Crippen LogP contribution in [0.5, 0.6) is 17.4 Å². The standard InChI is InChI=1S/C16H17N3O4/c1-16(2,3)8-7-10-5-6-11(9-12(10)22-4)23-14-13(15(20)21)17-19-18-14/h5-6,9H,1-4H3,(H,20,21)(H,17,18,19). The van der Waals surface area contributed by atoms with Gasteiger partial charge in [0.1, 0.15) is 11.5 Å². The van der Waals surface area contributed by atoms with Crippen LogP contribution >= 0.6 is 0 Å². The summed E-state index contributed by atoms with van der Waals surface area (Å²) in [5, 5.41) is 18.3. The van der Waals surface area contributed by atoms with Crippen molar-refractivity contribution < 1.29 is 19.4 Å². The maximum atomic E-state index is 11.0. The molecule has 0 aliphatic carbocycles. The fourth-order valence-electron chi connectivity index (χ4n) is 1.63. The number of aromatic amines is 1. The summed E-state index contributed by atoms with van der Waals surface area (Å²) in [4.78, 5) is 11.0. The second-order valence-electron chi connectivity index (χ2n) is 5.76. The molecule has 120 valence electrons. The minimum absolute atomic E-state index is 0.118. The van der Waals surface area contributed by atoms with Gasteiger partial charge >= 0.3 is 5.97 Å². The van der Waals surface area contributed by atoms with Crippen LogP contribution in [0.3, 0.4) is 0 Å². The molecule has 1 aromatic heterocycles. The first-order chi connectivity index (χ1) is 10.8. The molecule has 2 N–H and O–H groups in total. The number of carboxylic acid groups (broad SMARTS) is 1. The van der Waals surface area contributed by atoms with Gasteiger partial charge in [-0.1, -0.05) is 22.2 Å². The summed E-state index contributed by atoms with van der Waals surface area (Å²) in [6.45, 7) is 6.05. The van der Waals surface area contributed by atoms with Gasteiger partial charge in [0.25, 0.3) is 5.88 Å². The molecule has 0 bridgehead atoms. The van der Waals surface area contributed by atoms with Crippen LogP contribution in [0.25, 0.3) is 0 Å². The third-order valence-corrected chi connectivity index (χ3v) is 2.69. The van der Waals surface area contributed by atoms with Crippen molar-refractivity contribution in [2.75, 3.05) is 7.11 Å². The van der Waals surface area contributed by atoms with Crippen LogP contribution in [-0.4, -0.2) is 33.6 Å². The first kappa shape index (κ1) is 16.4. The Balaban J connectivity index is 2.30. The van der Waals surface area contributed by atoms with Crippen molar-refractivity contribution in [3.8, 4) is 29.2 Å². The van der Waals surface area contributed by atoms with E-state index in [2.05, 4.69) is 27.3 Å². The summed E-state index contributed by atoms with van der Waals surface area (Å²) in [5.74, 6) is 5.77. The van der Waals surface area contributed by atoms with Crippen LogP contribution in [0, 0.1) is 17.3 Å². The Hall–Kier alpha value is -3.01. The van der Waals surface area contributed by atoms with Gasteiger partial charge in [0.15, 0.2) is 0 Å². The van der Waals surface area contributed by atoms with Crippen molar-refractivity contribution in [3.63, 3.8) is 0 Å². The van der Waals surface area contributed by atoms with Crippen molar-refractivity contribution in [3.05, 3.63) is 29.5 Å². The van der Waals surface area contributed by atoms with Crippen LogP contribution in [0.15, 0.2) is 18.2 Å². The van der Waals surface area contributed by atoms with Gasteiger partial charge in [0.2, 0.25) is 5.69 Å². The molecule has 23 heavy (non-hydrogen) atoms. The van der Waals surface area contributed by atoms with Crippen LogP contribution in [0.1, 0.15) is 36.8 Å². The summed E-state index contributed by atoms with van der Waals surface area (Å²) >= 11 is 0. The average Bonchev–Trinajstić information content (AvgIpc) is 2.93. The zero-order valence-electron chi connectivity index (χ0n) is 13.3. The molecule has 2 rings (SSSR count). The molecular formula is C16H17N3O4. The third kappa shape index (κ3) is 4.23. The van der Waals surface area contributed by atoms with E-state index in [0.29, 0.717) is 17.1 Å². The number of ether oxygens (including phenoxy) is 2. The first-order valence-corrected chi connectivity index (χ1v) is 6.83. The lowest BCUT2D eigenvalue weighted by molar-refractivity contribution is 0.0687. The SMILES string of the molecule is COc1cc(Oc2nn[nH]c2C(=O)O)ccc1C#CC(C)(C)C. The van der Waals surface area contributed by atoms with Gasteiger partial charge in [-0.2, -0.15) is 0 Å². The Kier molecular flexibility index (Phi) is 4.55. The second-order valence-corrected chi connectivity index (χ2v) is 5.76. The van der Waals surface area contributed by atoms with Gasteiger partial charge in [0.05, 0.1) is 12.7 Å². The maximum Gasteiger partial charge on any atom is 0.359 e. The largest absolute Gasteiger partial charge is 0.495 e. The van der Waals surface area contributed by atoms with Crippen LogP contribution in [0.4, 0.5) is 0 Å². The number of aromatic nitrogens is 3. The summed E-state index contributed by atoms with van der Waals surface area (Å²) in [6.07, 6.45) is 0. The number of nitrogens with zero attached hydrogens (tertiary/aromatic N) is 2. The fourth-order valence-corrected chi connectivity index (χ4v) is 1.63. The molecule has 0 saturated heterocycles. The van der Waals surface area contributed by atoms with E-state index >= 15 is 0 Å². The number of hydrogen-bond donors (Lipinski definition) is 2.